The van der Waals surface area contributed by atoms with Crippen molar-refractivity contribution in [3.8, 4) is 0 Å². The predicted octanol–water partition coefficient (Wildman–Crippen LogP) is 2.65. The summed E-state index contributed by atoms with van der Waals surface area (Å²) in [6.07, 6.45) is 1.93. The van der Waals surface area contributed by atoms with E-state index in [0.29, 0.717) is 0 Å². The molecule has 1 aromatic carbocycles. The summed E-state index contributed by atoms with van der Waals surface area (Å²) in [6.45, 7) is 10.0. The van der Waals surface area contributed by atoms with Crippen molar-refractivity contribution in [2.45, 2.75) is 26.2 Å². The Bertz CT molecular complexity index is 397. The Hall–Kier alpha value is -1.35. The zero-order chi connectivity index (χ0) is 13.0. The second kappa shape index (κ2) is 5.53. The summed E-state index contributed by atoms with van der Waals surface area (Å²) in [5.74, 6) is 0. The van der Waals surface area contributed by atoms with E-state index in [2.05, 4.69) is 55.1 Å². The Morgan fingerprint density at radius 1 is 1.11 bits per heavy atom. The number of benzene rings is 1. The molecule has 2 rings (SSSR count). The van der Waals surface area contributed by atoms with Crippen LogP contribution in [0.5, 0.6) is 0 Å². The molecule has 0 bridgehead atoms. The smallest absolute Gasteiger partial charge is 0.0659 e. The van der Waals surface area contributed by atoms with E-state index in [4.69, 9.17) is 4.74 Å². The van der Waals surface area contributed by atoms with Crippen molar-refractivity contribution in [3.63, 3.8) is 0 Å². The van der Waals surface area contributed by atoms with Gasteiger partial charge < -0.3 is 4.74 Å². The summed E-state index contributed by atoms with van der Waals surface area (Å²) in [7, 11) is 0. The first-order chi connectivity index (χ1) is 8.55. The van der Waals surface area contributed by atoms with E-state index in [1.165, 1.54) is 5.56 Å². The first-order valence-corrected chi connectivity index (χ1v) is 6.53. The molecule has 1 aromatic rings. The lowest BCUT2D eigenvalue weighted by atomic mass is 9.87. The van der Waals surface area contributed by atoms with E-state index >= 15 is 0 Å². The van der Waals surface area contributed by atoms with Gasteiger partial charge in [0, 0.05) is 0 Å². The van der Waals surface area contributed by atoms with Crippen molar-refractivity contribution in [1.82, 2.24) is 5.01 Å². The van der Waals surface area contributed by atoms with Crippen LogP contribution in [0.25, 0.3) is 0 Å². The van der Waals surface area contributed by atoms with Crippen molar-refractivity contribution in [1.29, 1.82) is 0 Å². The molecule has 1 saturated heterocycles. The number of hydrazone groups is 1. The van der Waals surface area contributed by atoms with E-state index in [9.17, 15) is 0 Å². The van der Waals surface area contributed by atoms with Crippen molar-refractivity contribution >= 4 is 6.21 Å². The van der Waals surface area contributed by atoms with Gasteiger partial charge in [-0.3, -0.25) is 5.01 Å². The minimum Gasteiger partial charge on any atom is -0.378 e. The first-order valence-electron chi connectivity index (χ1n) is 6.53. The van der Waals surface area contributed by atoms with Crippen molar-refractivity contribution in [2.24, 2.45) is 5.10 Å². The predicted molar refractivity (Wildman–Crippen MR) is 75.1 cm³/mol. The highest BCUT2D eigenvalue weighted by Gasteiger charge is 2.12. The fraction of sp³-hybridized carbons (Fsp3) is 0.533. The molecule has 0 radical (unpaired) electrons. The number of morpholine rings is 1. The van der Waals surface area contributed by atoms with Gasteiger partial charge in [0.25, 0.3) is 0 Å². The molecule has 0 amide bonds. The lowest BCUT2D eigenvalue weighted by Gasteiger charge is -2.23. The highest BCUT2D eigenvalue weighted by molar-refractivity contribution is 5.79. The molecule has 0 saturated carbocycles. The van der Waals surface area contributed by atoms with Crippen molar-refractivity contribution in [3.05, 3.63) is 35.4 Å². The maximum atomic E-state index is 5.29. The molecule has 0 unspecified atom stereocenters. The zero-order valence-corrected chi connectivity index (χ0v) is 11.5. The Morgan fingerprint density at radius 3 is 2.28 bits per heavy atom. The van der Waals surface area contributed by atoms with Gasteiger partial charge in [-0.1, -0.05) is 45.0 Å². The Balaban J connectivity index is 1.99. The van der Waals surface area contributed by atoms with Gasteiger partial charge in [0.05, 0.1) is 32.5 Å². The third-order valence-corrected chi connectivity index (χ3v) is 3.13. The molecule has 18 heavy (non-hydrogen) atoms. The topological polar surface area (TPSA) is 24.8 Å². The number of nitrogens with zero attached hydrogens (tertiary/aromatic N) is 2. The average Bonchev–Trinajstić information content (AvgIpc) is 2.37. The van der Waals surface area contributed by atoms with Gasteiger partial charge in [-0.05, 0) is 16.5 Å². The Labute approximate surface area is 109 Å². The van der Waals surface area contributed by atoms with E-state index in [-0.39, 0.29) is 5.41 Å². The van der Waals surface area contributed by atoms with Gasteiger partial charge in [0.2, 0.25) is 0 Å². The fourth-order valence-corrected chi connectivity index (χ4v) is 1.89. The van der Waals surface area contributed by atoms with Crippen LogP contribution in [0.1, 0.15) is 31.9 Å². The number of ether oxygens (including phenoxy) is 1. The first kappa shape index (κ1) is 13.1. The number of hydrogen-bond acceptors (Lipinski definition) is 3. The summed E-state index contributed by atoms with van der Waals surface area (Å²) in [5.41, 5.74) is 2.71. The monoisotopic (exact) mass is 246 g/mol. The van der Waals surface area contributed by atoms with Gasteiger partial charge >= 0.3 is 0 Å². The van der Waals surface area contributed by atoms with Crippen LogP contribution in [0.15, 0.2) is 29.4 Å². The minimum absolute atomic E-state index is 0.208. The van der Waals surface area contributed by atoms with Crippen LogP contribution in [-0.4, -0.2) is 37.5 Å². The lowest BCUT2D eigenvalue weighted by Crippen LogP contribution is -2.32. The maximum absolute atomic E-state index is 5.29. The molecule has 0 aromatic heterocycles. The molecule has 1 heterocycles. The molecule has 1 aliphatic rings. The molecule has 98 valence electrons. The quantitative estimate of drug-likeness (QED) is 0.749. The van der Waals surface area contributed by atoms with E-state index in [0.717, 1.165) is 31.9 Å². The van der Waals surface area contributed by atoms with Crippen molar-refractivity contribution in [2.75, 3.05) is 26.3 Å². The average molecular weight is 246 g/mol. The summed E-state index contributed by atoms with van der Waals surface area (Å²) in [6, 6.07) is 8.62. The summed E-state index contributed by atoms with van der Waals surface area (Å²) >= 11 is 0. The fourth-order valence-electron chi connectivity index (χ4n) is 1.89. The minimum atomic E-state index is 0.208. The van der Waals surface area contributed by atoms with Crippen LogP contribution in [0.3, 0.4) is 0 Å². The lowest BCUT2D eigenvalue weighted by molar-refractivity contribution is 0.0397. The molecule has 0 N–H and O–H groups in total. The molecule has 1 aliphatic heterocycles. The number of hydrogen-bond donors (Lipinski definition) is 0. The van der Waals surface area contributed by atoms with Crippen LogP contribution < -0.4 is 0 Å². The molecule has 0 aliphatic carbocycles. The van der Waals surface area contributed by atoms with Gasteiger partial charge in [-0.2, -0.15) is 5.10 Å². The highest BCUT2D eigenvalue weighted by Crippen LogP contribution is 2.21. The van der Waals surface area contributed by atoms with Crippen molar-refractivity contribution < 1.29 is 4.74 Å². The van der Waals surface area contributed by atoms with E-state index in [1.807, 2.05) is 6.21 Å². The van der Waals surface area contributed by atoms with Crippen LogP contribution in [0, 0.1) is 0 Å². The molecule has 0 spiro atoms. The molecule has 3 nitrogen and oxygen atoms in total. The van der Waals surface area contributed by atoms with Gasteiger partial charge in [0.1, 0.15) is 0 Å². The molecule has 3 heteroatoms. The van der Waals surface area contributed by atoms with Gasteiger partial charge in [-0.25, -0.2) is 0 Å². The largest absolute Gasteiger partial charge is 0.378 e. The SMILES string of the molecule is CC(C)(C)c1ccc(/C=N\N2CCOCC2)cc1. The molecule has 0 atom stereocenters. The van der Waals surface area contributed by atoms with Crippen LogP contribution >= 0.6 is 0 Å². The summed E-state index contributed by atoms with van der Waals surface area (Å²) in [5, 5.41) is 6.53. The van der Waals surface area contributed by atoms with E-state index in [1.54, 1.807) is 0 Å². The standard InChI is InChI=1S/C15H22N2O/c1-15(2,3)14-6-4-13(5-7-14)12-16-17-8-10-18-11-9-17/h4-7,12H,8-11H2,1-3H3/b16-12-. The second-order valence-corrected chi connectivity index (χ2v) is 5.68. The normalized spacial score (nSPS) is 17.4. The third-order valence-electron chi connectivity index (χ3n) is 3.13. The maximum Gasteiger partial charge on any atom is 0.0659 e. The van der Waals surface area contributed by atoms with Crippen LogP contribution in [0.2, 0.25) is 0 Å². The highest BCUT2D eigenvalue weighted by atomic mass is 16.5. The van der Waals surface area contributed by atoms with E-state index < -0.39 is 0 Å². The molecule has 1 fully saturated rings. The Kier molecular flexibility index (Phi) is 4.02. The molecular weight excluding hydrogens is 224 g/mol. The molecular formula is C15H22N2O. The summed E-state index contributed by atoms with van der Waals surface area (Å²) in [4.78, 5) is 0. The number of rotatable bonds is 2. The third kappa shape index (κ3) is 3.57. The van der Waals surface area contributed by atoms with Gasteiger partial charge in [-0.15, -0.1) is 0 Å². The summed E-state index contributed by atoms with van der Waals surface area (Å²) < 4.78 is 5.29. The Morgan fingerprint density at radius 2 is 1.72 bits per heavy atom. The van der Waals surface area contributed by atoms with Crippen LogP contribution in [0.4, 0.5) is 0 Å². The zero-order valence-electron chi connectivity index (χ0n) is 11.5. The van der Waals surface area contributed by atoms with Gasteiger partial charge in [0.15, 0.2) is 0 Å². The second-order valence-electron chi connectivity index (χ2n) is 5.68. The van der Waals surface area contributed by atoms with Crippen LogP contribution in [-0.2, 0) is 10.2 Å².